The van der Waals surface area contributed by atoms with Crippen LogP contribution >= 0.6 is 0 Å². The van der Waals surface area contributed by atoms with Crippen LogP contribution in [0.3, 0.4) is 0 Å². The van der Waals surface area contributed by atoms with E-state index < -0.39 is 0 Å². The number of benzene rings is 1. The highest BCUT2D eigenvalue weighted by Crippen LogP contribution is 2.17. The lowest BCUT2D eigenvalue weighted by Gasteiger charge is -2.40. The number of amides is 1. The third kappa shape index (κ3) is 5.32. The summed E-state index contributed by atoms with van der Waals surface area (Å²) in [6.45, 7) is 11.5. The van der Waals surface area contributed by atoms with Gasteiger partial charge in [-0.15, -0.1) is 0 Å². The van der Waals surface area contributed by atoms with Gasteiger partial charge in [-0.25, -0.2) is 0 Å². The Morgan fingerprint density at radius 3 is 2.54 bits per heavy atom. The van der Waals surface area contributed by atoms with Gasteiger partial charge in [0, 0.05) is 25.3 Å². The van der Waals surface area contributed by atoms with E-state index in [-0.39, 0.29) is 11.9 Å². The van der Waals surface area contributed by atoms with Crippen LogP contribution in [0.4, 0.5) is 5.69 Å². The van der Waals surface area contributed by atoms with Crippen LogP contribution < -0.4 is 5.32 Å². The van der Waals surface area contributed by atoms with Gasteiger partial charge in [0.05, 0.1) is 0 Å². The van der Waals surface area contributed by atoms with Gasteiger partial charge in [0.15, 0.2) is 0 Å². The lowest BCUT2D eigenvalue weighted by atomic mass is 10.1. The average Bonchev–Trinajstić information content (AvgIpc) is 2.60. The smallest absolute Gasteiger partial charge is 0.243 e. The van der Waals surface area contributed by atoms with Gasteiger partial charge < -0.3 is 5.32 Å². The minimum Gasteiger partial charge on any atom is -0.324 e. The first-order chi connectivity index (χ1) is 11.7. The summed E-state index contributed by atoms with van der Waals surface area (Å²) in [6.07, 6.45) is 4.74. The maximum Gasteiger partial charge on any atom is 0.243 e. The van der Waals surface area contributed by atoms with Crippen LogP contribution in [0.1, 0.15) is 45.1 Å². The number of piperazine rings is 1. The maximum atomic E-state index is 12.9. The van der Waals surface area contributed by atoms with Crippen molar-refractivity contribution in [2.75, 3.05) is 38.0 Å². The van der Waals surface area contributed by atoms with Crippen LogP contribution in [-0.4, -0.2) is 54.5 Å². The summed E-state index contributed by atoms with van der Waals surface area (Å²) >= 11 is 0. The Bertz CT molecular complexity index is 517. The number of nitrogens with zero attached hydrogens (tertiary/aromatic N) is 2. The molecule has 0 aliphatic carbocycles. The van der Waals surface area contributed by atoms with E-state index in [1.54, 1.807) is 0 Å². The monoisotopic (exact) mass is 331 g/mol. The zero-order valence-corrected chi connectivity index (χ0v) is 15.6. The Balaban J connectivity index is 2.04. The van der Waals surface area contributed by atoms with Crippen molar-refractivity contribution >= 4 is 11.6 Å². The second-order valence-electron chi connectivity index (χ2n) is 6.86. The van der Waals surface area contributed by atoms with Gasteiger partial charge in [-0.3, -0.25) is 14.6 Å². The van der Waals surface area contributed by atoms with Crippen molar-refractivity contribution in [1.82, 2.24) is 9.80 Å². The topological polar surface area (TPSA) is 35.6 Å². The average molecular weight is 332 g/mol. The second-order valence-corrected chi connectivity index (χ2v) is 6.86. The number of aryl methyl sites for hydroxylation is 1. The normalized spacial score (nSPS) is 19.4. The molecule has 1 heterocycles. The molecule has 0 radical (unpaired) electrons. The highest BCUT2D eigenvalue weighted by atomic mass is 16.2. The number of unbranched alkanes of at least 4 members (excludes halogenated alkanes) is 2. The Hall–Kier alpha value is -1.39. The van der Waals surface area contributed by atoms with Crippen molar-refractivity contribution in [1.29, 1.82) is 0 Å². The molecule has 134 valence electrons. The van der Waals surface area contributed by atoms with E-state index in [2.05, 4.69) is 29.0 Å². The molecule has 1 aromatic carbocycles. The number of para-hydroxylation sites is 1. The molecule has 1 fully saturated rings. The van der Waals surface area contributed by atoms with Gasteiger partial charge in [-0.2, -0.15) is 0 Å². The third-order valence-corrected chi connectivity index (χ3v) is 4.91. The predicted octanol–water partition coefficient (Wildman–Crippen LogP) is 3.52. The summed E-state index contributed by atoms with van der Waals surface area (Å²) in [4.78, 5) is 17.8. The molecule has 1 aliphatic rings. The van der Waals surface area contributed by atoms with Crippen molar-refractivity contribution in [2.45, 2.75) is 52.5 Å². The van der Waals surface area contributed by atoms with Crippen LogP contribution in [0.25, 0.3) is 0 Å². The first kappa shape index (κ1) is 18.9. The van der Waals surface area contributed by atoms with E-state index in [4.69, 9.17) is 0 Å². The summed E-state index contributed by atoms with van der Waals surface area (Å²) in [6, 6.07) is 7.97. The van der Waals surface area contributed by atoms with Crippen molar-refractivity contribution in [3.05, 3.63) is 29.8 Å². The fourth-order valence-electron chi connectivity index (χ4n) is 3.27. The molecule has 1 aromatic rings. The zero-order valence-electron chi connectivity index (χ0n) is 15.6. The summed E-state index contributed by atoms with van der Waals surface area (Å²) in [5.41, 5.74) is 2.05. The molecule has 0 bridgehead atoms. The van der Waals surface area contributed by atoms with E-state index in [9.17, 15) is 4.79 Å². The molecular weight excluding hydrogens is 298 g/mol. The van der Waals surface area contributed by atoms with Crippen molar-refractivity contribution in [3.63, 3.8) is 0 Å². The van der Waals surface area contributed by atoms with Crippen molar-refractivity contribution in [2.24, 2.45) is 0 Å². The predicted molar refractivity (Wildman–Crippen MR) is 101 cm³/mol. The van der Waals surface area contributed by atoms with Crippen LogP contribution in [0.2, 0.25) is 0 Å². The van der Waals surface area contributed by atoms with Crippen LogP contribution in [0, 0.1) is 6.92 Å². The van der Waals surface area contributed by atoms with E-state index in [1.165, 1.54) is 19.3 Å². The highest BCUT2D eigenvalue weighted by molar-refractivity contribution is 5.95. The van der Waals surface area contributed by atoms with Crippen LogP contribution in [-0.2, 0) is 4.79 Å². The van der Waals surface area contributed by atoms with E-state index in [1.807, 2.05) is 31.2 Å². The lowest BCUT2D eigenvalue weighted by molar-refractivity contribution is -0.123. The standard InChI is InChI=1S/C20H33N3O/c1-4-6-12-22-14-15-23(13-7-5-2)19(16-22)20(24)21-18-11-9-8-10-17(18)3/h8-11,19H,4-7,12-16H2,1-3H3,(H,21,24). The van der Waals surface area contributed by atoms with Gasteiger partial charge in [0.1, 0.15) is 6.04 Å². The molecule has 0 saturated carbocycles. The third-order valence-electron chi connectivity index (χ3n) is 4.91. The molecule has 4 nitrogen and oxygen atoms in total. The molecule has 1 unspecified atom stereocenters. The lowest BCUT2D eigenvalue weighted by Crippen LogP contribution is -2.58. The fraction of sp³-hybridized carbons (Fsp3) is 0.650. The molecule has 1 amide bonds. The molecular formula is C20H33N3O. The molecule has 4 heteroatoms. The maximum absolute atomic E-state index is 12.9. The number of nitrogens with one attached hydrogen (secondary N) is 1. The minimum atomic E-state index is -0.0400. The van der Waals surface area contributed by atoms with Crippen molar-refractivity contribution in [3.8, 4) is 0 Å². The number of hydrogen-bond donors (Lipinski definition) is 1. The summed E-state index contributed by atoms with van der Waals surface area (Å²) in [7, 11) is 0. The summed E-state index contributed by atoms with van der Waals surface area (Å²) < 4.78 is 0. The molecule has 0 spiro atoms. The van der Waals surface area contributed by atoms with E-state index >= 15 is 0 Å². The molecule has 1 atom stereocenters. The Morgan fingerprint density at radius 2 is 1.83 bits per heavy atom. The summed E-state index contributed by atoms with van der Waals surface area (Å²) in [5, 5.41) is 3.16. The number of carbonyl (C=O) groups is 1. The van der Waals surface area contributed by atoms with Gasteiger partial charge in [0.25, 0.3) is 0 Å². The fourth-order valence-corrected chi connectivity index (χ4v) is 3.27. The van der Waals surface area contributed by atoms with Gasteiger partial charge in [0.2, 0.25) is 5.91 Å². The minimum absolute atomic E-state index is 0.0400. The molecule has 2 rings (SSSR count). The zero-order chi connectivity index (χ0) is 17.4. The quantitative estimate of drug-likeness (QED) is 0.792. The van der Waals surface area contributed by atoms with E-state index in [0.717, 1.165) is 50.4 Å². The first-order valence-electron chi connectivity index (χ1n) is 9.48. The highest BCUT2D eigenvalue weighted by Gasteiger charge is 2.31. The molecule has 24 heavy (non-hydrogen) atoms. The van der Waals surface area contributed by atoms with Gasteiger partial charge in [-0.1, -0.05) is 44.9 Å². The first-order valence-corrected chi connectivity index (χ1v) is 9.48. The number of anilines is 1. The SMILES string of the molecule is CCCCN1CCN(CCCC)C(C(=O)Nc2ccccc2C)C1. The molecule has 1 N–H and O–H groups in total. The Kier molecular flexibility index (Phi) is 7.73. The van der Waals surface area contributed by atoms with E-state index in [0.29, 0.717) is 0 Å². The molecule has 1 aliphatic heterocycles. The summed E-state index contributed by atoms with van der Waals surface area (Å²) in [5.74, 6) is 0.140. The molecule has 1 saturated heterocycles. The number of carbonyl (C=O) groups excluding carboxylic acids is 1. The van der Waals surface area contributed by atoms with Crippen LogP contribution in [0.15, 0.2) is 24.3 Å². The van der Waals surface area contributed by atoms with Crippen molar-refractivity contribution < 1.29 is 4.79 Å². The Labute approximate surface area is 147 Å². The number of hydrogen-bond acceptors (Lipinski definition) is 3. The van der Waals surface area contributed by atoms with Crippen LogP contribution in [0.5, 0.6) is 0 Å². The second kappa shape index (κ2) is 9.80. The van der Waals surface area contributed by atoms with Gasteiger partial charge in [-0.05, 0) is 44.5 Å². The Morgan fingerprint density at radius 1 is 1.12 bits per heavy atom. The molecule has 0 aromatic heterocycles. The number of rotatable bonds is 8. The largest absolute Gasteiger partial charge is 0.324 e. The van der Waals surface area contributed by atoms with Gasteiger partial charge >= 0.3 is 0 Å².